The zero-order valence-electron chi connectivity index (χ0n) is 15.7. The van der Waals surface area contributed by atoms with E-state index >= 15 is 0 Å². The zero-order valence-corrected chi connectivity index (χ0v) is 18.9. The van der Waals surface area contributed by atoms with Crippen LogP contribution in [0.25, 0.3) is 0 Å². The third-order valence-electron chi connectivity index (χ3n) is 5.60. The van der Waals surface area contributed by atoms with Gasteiger partial charge in [0.2, 0.25) is 0 Å². The first-order valence-corrected chi connectivity index (χ1v) is 8.99. The second kappa shape index (κ2) is 16.3. The highest BCUT2D eigenvalue weighted by atomic mass is 79.9. The summed E-state index contributed by atoms with van der Waals surface area (Å²) >= 11 is 0. The van der Waals surface area contributed by atoms with Gasteiger partial charge in [0.05, 0.1) is 52.5 Å². The molecule has 144 valence electrons. The number of halogens is 2. The fourth-order valence-electron chi connectivity index (χ4n) is 3.43. The van der Waals surface area contributed by atoms with Crippen LogP contribution in [-0.4, -0.2) is 84.8 Å². The number of nitrogens with zero attached hydrogens (tertiary/aromatic N) is 2. The van der Waals surface area contributed by atoms with E-state index in [0.29, 0.717) is 13.2 Å². The van der Waals surface area contributed by atoms with E-state index in [9.17, 15) is 10.2 Å². The maximum atomic E-state index is 9.25. The van der Waals surface area contributed by atoms with Crippen molar-refractivity contribution in [2.45, 2.75) is 47.0 Å². The zero-order chi connectivity index (χ0) is 16.2. The average molecular weight is 464 g/mol. The van der Waals surface area contributed by atoms with Crippen molar-refractivity contribution in [1.82, 2.24) is 0 Å². The van der Waals surface area contributed by atoms with Gasteiger partial charge in [0.1, 0.15) is 13.1 Å². The molecule has 0 saturated carbocycles. The van der Waals surface area contributed by atoms with E-state index in [1.54, 1.807) is 0 Å². The topological polar surface area (TPSA) is 40.5 Å². The highest BCUT2D eigenvalue weighted by Crippen LogP contribution is 2.13. The average Bonchev–Trinajstić information content (AvgIpc) is 2.52. The summed E-state index contributed by atoms with van der Waals surface area (Å²) in [6.45, 7) is 18.1. The van der Waals surface area contributed by atoms with E-state index < -0.39 is 0 Å². The molecule has 0 amide bonds. The molecule has 23 heavy (non-hydrogen) atoms. The summed E-state index contributed by atoms with van der Waals surface area (Å²) in [5.41, 5.74) is 0. The summed E-state index contributed by atoms with van der Waals surface area (Å²) in [4.78, 5) is 0. The second-order valence-electron chi connectivity index (χ2n) is 6.35. The normalized spacial score (nSPS) is 11.7. The number of hydrogen-bond donors (Lipinski definition) is 2. The fraction of sp³-hybridized carbons (Fsp3) is 1.00. The fourth-order valence-corrected chi connectivity index (χ4v) is 3.43. The first-order valence-electron chi connectivity index (χ1n) is 8.99. The summed E-state index contributed by atoms with van der Waals surface area (Å²) in [7, 11) is 0. The van der Waals surface area contributed by atoms with E-state index in [1.807, 2.05) is 0 Å². The third-order valence-corrected chi connectivity index (χ3v) is 5.60. The minimum atomic E-state index is 0. The molecule has 0 aromatic rings. The number of likely N-dealkylation sites (N-methyl/N-ethyl adjacent to an activating group) is 2. The predicted molar refractivity (Wildman–Crippen MR) is 90.2 cm³/mol. The summed E-state index contributed by atoms with van der Waals surface area (Å²) in [5, 5.41) is 18.5. The van der Waals surface area contributed by atoms with Gasteiger partial charge in [-0.3, -0.25) is 0 Å². The first kappa shape index (κ1) is 28.6. The molecule has 0 aliphatic carbocycles. The maximum absolute atomic E-state index is 9.25. The minimum Gasteiger partial charge on any atom is -1.00 e. The van der Waals surface area contributed by atoms with Gasteiger partial charge in [0.25, 0.3) is 0 Å². The summed E-state index contributed by atoms with van der Waals surface area (Å²) in [6.07, 6.45) is 3.75. The molecule has 6 heteroatoms. The van der Waals surface area contributed by atoms with Gasteiger partial charge in [0.15, 0.2) is 0 Å². The Bertz CT molecular complexity index is 225. The summed E-state index contributed by atoms with van der Waals surface area (Å²) in [5.74, 6) is 0. The molecular weight excluding hydrogens is 424 g/mol. The van der Waals surface area contributed by atoms with E-state index in [-0.39, 0.29) is 34.0 Å². The largest absolute Gasteiger partial charge is 1.00 e. The molecule has 2 N–H and O–H groups in total. The Hall–Kier alpha value is 0.800. The van der Waals surface area contributed by atoms with E-state index in [1.165, 1.54) is 32.4 Å². The molecule has 0 aromatic carbocycles. The van der Waals surface area contributed by atoms with Crippen LogP contribution in [-0.2, 0) is 0 Å². The predicted octanol–water partition coefficient (Wildman–Crippen LogP) is -4.14. The number of hydrogen-bond acceptors (Lipinski definition) is 2. The van der Waals surface area contributed by atoms with Crippen molar-refractivity contribution in [3.8, 4) is 0 Å². The number of aliphatic hydroxyl groups excluding tert-OH is 2. The van der Waals surface area contributed by atoms with Crippen LogP contribution < -0.4 is 34.0 Å². The van der Waals surface area contributed by atoms with Crippen LogP contribution in [0.1, 0.15) is 47.0 Å². The van der Waals surface area contributed by atoms with Gasteiger partial charge < -0.3 is 53.1 Å². The SMILES string of the molecule is CC[N+](CC)(CCO)CCCCC[N+](CC)(CC)CCO.[Br-].[Br-]. The van der Waals surface area contributed by atoms with Crippen LogP contribution in [0.15, 0.2) is 0 Å². The molecule has 0 atom stereocenters. The van der Waals surface area contributed by atoms with Gasteiger partial charge in [-0.15, -0.1) is 0 Å². The molecule has 0 heterocycles. The van der Waals surface area contributed by atoms with Gasteiger partial charge in [-0.1, -0.05) is 0 Å². The molecule has 0 aromatic heterocycles. The molecule has 0 fully saturated rings. The lowest BCUT2D eigenvalue weighted by atomic mass is 10.1. The Kier molecular flexibility index (Phi) is 20.2. The lowest BCUT2D eigenvalue weighted by Crippen LogP contribution is -3.00. The first-order chi connectivity index (χ1) is 10.1. The van der Waals surface area contributed by atoms with Crippen LogP contribution in [0.2, 0.25) is 0 Å². The van der Waals surface area contributed by atoms with Crippen molar-refractivity contribution in [3.63, 3.8) is 0 Å². The quantitative estimate of drug-likeness (QED) is 0.203. The Morgan fingerprint density at radius 3 is 1.04 bits per heavy atom. The van der Waals surface area contributed by atoms with E-state index in [0.717, 1.165) is 48.2 Å². The monoisotopic (exact) mass is 462 g/mol. The van der Waals surface area contributed by atoms with Crippen molar-refractivity contribution in [2.24, 2.45) is 0 Å². The van der Waals surface area contributed by atoms with Crippen LogP contribution in [0.3, 0.4) is 0 Å². The highest BCUT2D eigenvalue weighted by molar-refractivity contribution is 4.48. The van der Waals surface area contributed by atoms with E-state index in [4.69, 9.17) is 0 Å². The highest BCUT2D eigenvalue weighted by Gasteiger charge is 2.23. The number of rotatable bonds is 14. The Labute approximate surface area is 165 Å². The van der Waals surface area contributed by atoms with Gasteiger partial charge in [-0.05, 0) is 47.0 Å². The Balaban J connectivity index is -0.00000200. The number of quaternary nitrogens is 2. The molecule has 0 saturated heterocycles. The third kappa shape index (κ3) is 10.4. The van der Waals surface area contributed by atoms with Gasteiger partial charge in [-0.25, -0.2) is 0 Å². The van der Waals surface area contributed by atoms with Crippen LogP contribution >= 0.6 is 0 Å². The molecule has 0 radical (unpaired) electrons. The molecule has 4 nitrogen and oxygen atoms in total. The van der Waals surface area contributed by atoms with Crippen molar-refractivity contribution in [2.75, 3.05) is 65.6 Å². The molecule has 0 bridgehead atoms. The molecule has 0 aliphatic heterocycles. The van der Waals surface area contributed by atoms with Crippen molar-refractivity contribution in [1.29, 1.82) is 0 Å². The summed E-state index contributed by atoms with van der Waals surface area (Å²) in [6, 6.07) is 0. The summed E-state index contributed by atoms with van der Waals surface area (Å²) < 4.78 is 2.10. The van der Waals surface area contributed by atoms with Gasteiger partial charge in [0, 0.05) is 0 Å². The Morgan fingerprint density at radius 2 is 0.826 bits per heavy atom. The molecule has 0 rings (SSSR count). The smallest absolute Gasteiger partial charge is 0.102 e. The maximum Gasteiger partial charge on any atom is 0.102 e. The van der Waals surface area contributed by atoms with Gasteiger partial charge in [-0.2, -0.15) is 0 Å². The molecule has 0 unspecified atom stereocenters. The molecular formula is C17H40Br2N2O2. The standard InChI is InChI=1S/C17H40N2O2.2BrH/c1-5-18(6-2,14-16-20)12-10-9-11-13-19(7-3,8-4)15-17-21;;/h20-21H,5-17H2,1-4H3;2*1H/q+2;;/p-2. The van der Waals surface area contributed by atoms with Crippen molar-refractivity contribution < 1.29 is 53.1 Å². The minimum absolute atomic E-state index is 0. The second-order valence-corrected chi connectivity index (χ2v) is 6.35. The van der Waals surface area contributed by atoms with Crippen molar-refractivity contribution >= 4 is 0 Å². The number of unbranched alkanes of at least 4 members (excludes halogenated alkanes) is 2. The molecule has 0 aliphatic rings. The number of aliphatic hydroxyl groups is 2. The van der Waals surface area contributed by atoms with Crippen molar-refractivity contribution in [3.05, 3.63) is 0 Å². The lowest BCUT2D eigenvalue weighted by Gasteiger charge is -2.37. The van der Waals surface area contributed by atoms with E-state index in [2.05, 4.69) is 27.7 Å². The van der Waals surface area contributed by atoms with Crippen LogP contribution in [0, 0.1) is 0 Å². The van der Waals surface area contributed by atoms with Gasteiger partial charge >= 0.3 is 0 Å². The Morgan fingerprint density at radius 1 is 0.522 bits per heavy atom. The lowest BCUT2D eigenvalue weighted by molar-refractivity contribution is -0.927. The van der Waals surface area contributed by atoms with Crippen LogP contribution in [0.4, 0.5) is 0 Å². The van der Waals surface area contributed by atoms with Crippen LogP contribution in [0.5, 0.6) is 0 Å². The molecule has 0 spiro atoms.